The Morgan fingerprint density at radius 2 is 1.91 bits per heavy atom. The van der Waals surface area contributed by atoms with Crippen molar-refractivity contribution < 1.29 is 9.59 Å². The van der Waals surface area contributed by atoms with Crippen molar-refractivity contribution in [2.45, 2.75) is 12.8 Å². The summed E-state index contributed by atoms with van der Waals surface area (Å²) in [6, 6.07) is 4.82. The fraction of sp³-hybridized carbons (Fsp3) is 0.467. The van der Waals surface area contributed by atoms with Gasteiger partial charge in [-0.2, -0.15) is 0 Å². The van der Waals surface area contributed by atoms with Crippen molar-refractivity contribution in [2.75, 3.05) is 32.5 Å². The van der Waals surface area contributed by atoms with Crippen molar-refractivity contribution in [1.29, 1.82) is 0 Å². The molecule has 0 radical (unpaired) electrons. The van der Waals surface area contributed by atoms with Crippen LogP contribution in [0.1, 0.15) is 12.8 Å². The molecule has 0 spiro atoms. The molecule has 1 aliphatic rings. The van der Waals surface area contributed by atoms with Crippen molar-refractivity contribution in [3.63, 3.8) is 0 Å². The highest BCUT2D eigenvalue weighted by molar-refractivity contribution is 6.36. The molecule has 1 aliphatic carbocycles. The van der Waals surface area contributed by atoms with E-state index >= 15 is 0 Å². The molecule has 22 heavy (non-hydrogen) atoms. The van der Waals surface area contributed by atoms with Crippen LogP contribution in [0.4, 0.5) is 5.69 Å². The third-order valence-electron chi connectivity index (χ3n) is 3.64. The van der Waals surface area contributed by atoms with Crippen LogP contribution in [0.25, 0.3) is 0 Å². The molecule has 1 saturated carbocycles. The second-order valence-corrected chi connectivity index (χ2v) is 6.56. The molecule has 7 heteroatoms. The molecule has 0 heterocycles. The van der Waals surface area contributed by atoms with Gasteiger partial charge in [0.2, 0.25) is 11.8 Å². The molecule has 0 aromatic heterocycles. The Balaban J connectivity index is 1.99. The van der Waals surface area contributed by atoms with Crippen LogP contribution in [0.15, 0.2) is 18.2 Å². The van der Waals surface area contributed by atoms with Crippen LogP contribution in [0.5, 0.6) is 0 Å². The fourth-order valence-corrected chi connectivity index (χ4v) is 2.42. The van der Waals surface area contributed by atoms with Gasteiger partial charge in [-0.1, -0.05) is 23.2 Å². The van der Waals surface area contributed by atoms with Crippen LogP contribution < -0.4 is 10.6 Å². The van der Waals surface area contributed by atoms with Crippen LogP contribution in [-0.4, -0.2) is 43.9 Å². The maximum absolute atomic E-state index is 12.4. The molecule has 0 unspecified atom stereocenters. The Bertz CT molecular complexity index is 586. The number of rotatable bonds is 6. The first-order valence-electron chi connectivity index (χ1n) is 7.05. The van der Waals surface area contributed by atoms with Crippen molar-refractivity contribution in [3.05, 3.63) is 28.2 Å². The topological polar surface area (TPSA) is 61.4 Å². The molecule has 5 nitrogen and oxygen atoms in total. The van der Waals surface area contributed by atoms with Gasteiger partial charge in [-0.25, -0.2) is 0 Å². The smallest absolute Gasteiger partial charge is 0.240 e. The molecule has 0 aliphatic heterocycles. The van der Waals surface area contributed by atoms with Crippen LogP contribution in [0.2, 0.25) is 10.0 Å². The second kappa shape index (κ2) is 6.86. The standard InChI is InChI=1S/C15H19Cl2N3O2/c1-20(2)8-7-18-13(21)15(5-6-15)14(22)19-12-9-10(16)3-4-11(12)17/h3-4,9H,5-8H2,1-2H3,(H,18,21)(H,19,22). The normalized spacial score (nSPS) is 15.5. The first-order chi connectivity index (χ1) is 10.3. The van der Waals surface area contributed by atoms with Gasteiger partial charge in [0.05, 0.1) is 10.7 Å². The molecule has 0 atom stereocenters. The Kier molecular flexibility index (Phi) is 5.32. The Labute approximate surface area is 139 Å². The summed E-state index contributed by atoms with van der Waals surface area (Å²) in [6.45, 7) is 1.24. The first-order valence-corrected chi connectivity index (χ1v) is 7.80. The predicted octanol–water partition coefficient (Wildman–Crippen LogP) is 2.39. The third-order valence-corrected chi connectivity index (χ3v) is 4.21. The summed E-state index contributed by atoms with van der Waals surface area (Å²) in [6.07, 6.45) is 1.09. The Morgan fingerprint density at radius 1 is 1.23 bits per heavy atom. The van der Waals surface area contributed by atoms with Crippen LogP contribution in [0.3, 0.4) is 0 Å². The number of nitrogens with one attached hydrogen (secondary N) is 2. The SMILES string of the molecule is CN(C)CCNC(=O)C1(C(=O)Nc2cc(Cl)ccc2Cl)CC1. The molecule has 0 bridgehead atoms. The zero-order valence-corrected chi connectivity index (χ0v) is 14.1. The Hall–Kier alpha value is -1.30. The summed E-state index contributed by atoms with van der Waals surface area (Å²) in [5.41, 5.74) is -0.552. The second-order valence-electron chi connectivity index (χ2n) is 5.72. The van der Waals surface area contributed by atoms with E-state index in [0.29, 0.717) is 35.1 Å². The van der Waals surface area contributed by atoms with Gasteiger partial charge in [0.25, 0.3) is 0 Å². The van der Waals surface area contributed by atoms with Crippen LogP contribution in [-0.2, 0) is 9.59 Å². The lowest BCUT2D eigenvalue weighted by atomic mass is 10.1. The fourth-order valence-electron chi connectivity index (χ4n) is 2.08. The number of nitrogens with zero attached hydrogens (tertiary/aromatic N) is 1. The zero-order valence-electron chi connectivity index (χ0n) is 12.6. The average molecular weight is 344 g/mol. The summed E-state index contributed by atoms with van der Waals surface area (Å²) in [5, 5.41) is 6.38. The van der Waals surface area contributed by atoms with Crippen LogP contribution in [0, 0.1) is 5.41 Å². The highest BCUT2D eigenvalue weighted by Crippen LogP contribution is 2.47. The van der Waals surface area contributed by atoms with Crippen molar-refractivity contribution in [3.8, 4) is 0 Å². The molecule has 2 amide bonds. The summed E-state index contributed by atoms with van der Waals surface area (Å²) in [7, 11) is 3.85. The highest BCUT2D eigenvalue weighted by Gasteiger charge is 2.56. The van der Waals surface area contributed by atoms with Crippen molar-refractivity contribution in [1.82, 2.24) is 10.2 Å². The van der Waals surface area contributed by atoms with E-state index in [1.807, 2.05) is 19.0 Å². The number of hydrogen-bond donors (Lipinski definition) is 2. The zero-order chi connectivity index (χ0) is 16.3. The molecule has 2 N–H and O–H groups in total. The van der Waals surface area contributed by atoms with Gasteiger partial charge >= 0.3 is 0 Å². The number of likely N-dealkylation sites (N-methyl/N-ethyl adjacent to an activating group) is 1. The Morgan fingerprint density at radius 3 is 2.50 bits per heavy atom. The van der Waals surface area contributed by atoms with Gasteiger partial charge in [0, 0.05) is 18.1 Å². The minimum Gasteiger partial charge on any atom is -0.354 e. The number of carbonyl (C=O) groups is 2. The van der Waals surface area contributed by atoms with Crippen molar-refractivity contribution >= 4 is 40.7 Å². The number of anilines is 1. The largest absolute Gasteiger partial charge is 0.354 e. The maximum atomic E-state index is 12.4. The van der Waals surface area contributed by atoms with E-state index in [-0.39, 0.29) is 11.8 Å². The number of halogens is 2. The number of hydrogen-bond acceptors (Lipinski definition) is 3. The van der Waals surface area contributed by atoms with Gasteiger partial charge in [-0.15, -0.1) is 0 Å². The van der Waals surface area contributed by atoms with Gasteiger partial charge in [0.1, 0.15) is 5.41 Å². The number of benzene rings is 1. The molecule has 1 aromatic rings. The molecule has 0 saturated heterocycles. The first kappa shape index (κ1) is 17.1. The third kappa shape index (κ3) is 3.91. The summed E-state index contributed by atoms with van der Waals surface area (Å²) in [4.78, 5) is 26.6. The average Bonchev–Trinajstić information content (AvgIpc) is 3.24. The van der Waals surface area contributed by atoms with E-state index in [4.69, 9.17) is 23.2 Å². The van der Waals surface area contributed by atoms with E-state index in [1.54, 1.807) is 18.2 Å². The maximum Gasteiger partial charge on any atom is 0.240 e. The van der Waals surface area contributed by atoms with Gasteiger partial charge < -0.3 is 15.5 Å². The lowest BCUT2D eigenvalue weighted by Crippen LogP contribution is -2.42. The van der Waals surface area contributed by atoms with Crippen LogP contribution >= 0.6 is 23.2 Å². The molecule has 1 aromatic carbocycles. The number of carbonyl (C=O) groups excluding carboxylic acids is 2. The number of amides is 2. The minimum atomic E-state index is -0.974. The summed E-state index contributed by atoms with van der Waals surface area (Å²) < 4.78 is 0. The molecule has 120 valence electrons. The van der Waals surface area contributed by atoms with E-state index in [2.05, 4.69) is 10.6 Å². The quantitative estimate of drug-likeness (QED) is 0.779. The summed E-state index contributed by atoms with van der Waals surface area (Å²) >= 11 is 11.9. The minimum absolute atomic E-state index is 0.231. The molecular weight excluding hydrogens is 325 g/mol. The van der Waals surface area contributed by atoms with E-state index in [1.165, 1.54) is 0 Å². The molecule has 1 fully saturated rings. The van der Waals surface area contributed by atoms with Gasteiger partial charge in [-0.05, 0) is 45.1 Å². The monoisotopic (exact) mass is 343 g/mol. The molecule has 2 rings (SSSR count). The predicted molar refractivity (Wildman–Crippen MR) is 88.3 cm³/mol. The van der Waals surface area contributed by atoms with Crippen molar-refractivity contribution in [2.24, 2.45) is 5.41 Å². The summed E-state index contributed by atoms with van der Waals surface area (Å²) in [5.74, 6) is -0.566. The van der Waals surface area contributed by atoms with E-state index in [0.717, 1.165) is 6.54 Å². The lowest BCUT2D eigenvalue weighted by Gasteiger charge is -2.17. The van der Waals surface area contributed by atoms with E-state index < -0.39 is 5.41 Å². The molecular formula is C15H19Cl2N3O2. The highest BCUT2D eigenvalue weighted by atomic mass is 35.5. The lowest BCUT2D eigenvalue weighted by molar-refractivity contribution is -0.134. The van der Waals surface area contributed by atoms with E-state index in [9.17, 15) is 9.59 Å². The van der Waals surface area contributed by atoms with Gasteiger partial charge in [-0.3, -0.25) is 9.59 Å². The van der Waals surface area contributed by atoms with Gasteiger partial charge in [0.15, 0.2) is 0 Å².